The standard InChI is InChI=1S/C17H24N2O2S/c1-3-14-10(2)6-15(22-14)17(21)19-18-16(20)9-13-8-11-4-5-12(13)7-11/h6,11-13H,3-5,7-9H2,1-2H3,(H,18,20)(H,19,21)/t11-,12-,13+/m1/s1. The van der Waals surface area contributed by atoms with Gasteiger partial charge in [0.15, 0.2) is 0 Å². The maximum absolute atomic E-state index is 12.1. The first-order chi connectivity index (χ1) is 10.6. The van der Waals surface area contributed by atoms with Gasteiger partial charge in [-0.1, -0.05) is 13.3 Å². The van der Waals surface area contributed by atoms with Crippen LogP contribution in [0, 0.1) is 24.7 Å². The van der Waals surface area contributed by atoms with Crippen molar-refractivity contribution in [3.05, 3.63) is 21.4 Å². The summed E-state index contributed by atoms with van der Waals surface area (Å²) in [6.45, 7) is 4.09. The zero-order valence-corrected chi connectivity index (χ0v) is 14.1. The topological polar surface area (TPSA) is 58.2 Å². The second-order valence-corrected chi connectivity index (χ2v) is 7.85. The van der Waals surface area contributed by atoms with Gasteiger partial charge < -0.3 is 0 Å². The number of amides is 2. The summed E-state index contributed by atoms with van der Waals surface area (Å²) >= 11 is 1.50. The SMILES string of the molecule is CCc1sc(C(=O)NNC(=O)C[C@@H]2C[C@@H]3CC[C@@H]2C3)cc1C. The van der Waals surface area contributed by atoms with Crippen LogP contribution in [0.1, 0.15) is 59.1 Å². The van der Waals surface area contributed by atoms with Gasteiger partial charge in [0.05, 0.1) is 4.88 Å². The van der Waals surface area contributed by atoms with Crippen LogP contribution in [0.4, 0.5) is 0 Å². The zero-order chi connectivity index (χ0) is 15.7. The number of carbonyl (C=O) groups excluding carboxylic acids is 2. The average molecular weight is 320 g/mol. The molecule has 0 saturated heterocycles. The Morgan fingerprint density at radius 2 is 2.09 bits per heavy atom. The maximum atomic E-state index is 12.1. The molecule has 3 atom stereocenters. The van der Waals surface area contributed by atoms with E-state index in [0.717, 1.165) is 23.8 Å². The number of carbonyl (C=O) groups is 2. The van der Waals surface area contributed by atoms with E-state index in [2.05, 4.69) is 17.8 Å². The highest BCUT2D eigenvalue weighted by Crippen LogP contribution is 2.49. The second kappa shape index (κ2) is 6.41. The Labute approximate surface area is 135 Å². The fourth-order valence-corrected chi connectivity index (χ4v) is 5.10. The lowest BCUT2D eigenvalue weighted by molar-refractivity contribution is -0.123. The van der Waals surface area contributed by atoms with E-state index in [1.54, 1.807) is 0 Å². The lowest BCUT2D eigenvalue weighted by Gasteiger charge is -2.20. The summed E-state index contributed by atoms with van der Waals surface area (Å²) in [5, 5.41) is 0. The minimum absolute atomic E-state index is 0.0603. The van der Waals surface area contributed by atoms with E-state index in [1.165, 1.54) is 41.9 Å². The van der Waals surface area contributed by atoms with Crippen molar-refractivity contribution in [1.82, 2.24) is 10.9 Å². The van der Waals surface area contributed by atoms with E-state index in [1.807, 2.05) is 13.0 Å². The van der Waals surface area contributed by atoms with Crippen molar-refractivity contribution >= 4 is 23.2 Å². The monoisotopic (exact) mass is 320 g/mol. The third kappa shape index (κ3) is 3.19. The lowest BCUT2D eigenvalue weighted by atomic mass is 9.86. The molecule has 0 spiro atoms. The number of hydrogen-bond donors (Lipinski definition) is 2. The van der Waals surface area contributed by atoms with Crippen LogP contribution in [0.5, 0.6) is 0 Å². The van der Waals surface area contributed by atoms with Gasteiger partial charge in [0.25, 0.3) is 5.91 Å². The third-order valence-electron chi connectivity index (χ3n) is 5.21. The van der Waals surface area contributed by atoms with Crippen LogP contribution in [0.15, 0.2) is 6.07 Å². The van der Waals surface area contributed by atoms with Gasteiger partial charge in [-0.2, -0.15) is 0 Å². The molecule has 0 unspecified atom stereocenters. The molecule has 5 heteroatoms. The van der Waals surface area contributed by atoms with Crippen LogP contribution < -0.4 is 10.9 Å². The number of fused-ring (bicyclic) bond motifs is 2. The Hall–Kier alpha value is -1.36. The van der Waals surface area contributed by atoms with Gasteiger partial charge in [0.1, 0.15) is 0 Å². The van der Waals surface area contributed by atoms with E-state index in [9.17, 15) is 9.59 Å². The quantitative estimate of drug-likeness (QED) is 0.837. The summed E-state index contributed by atoms with van der Waals surface area (Å²) in [6.07, 6.45) is 6.60. The van der Waals surface area contributed by atoms with Gasteiger partial charge in [-0.25, -0.2) is 0 Å². The van der Waals surface area contributed by atoms with E-state index in [4.69, 9.17) is 0 Å². The number of nitrogens with one attached hydrogen (secondary N) is 2. The summed E-state index contributed by atoms with van der Waals surface area (Å²) in [6, 6.07) is 1.89. The third-order valence-corrected chi connectivity index (χ3v) is 6.59. The lowest BCUT2D eigenvalue weighted by Crippen LogP contribution is -2.42. The fourth-order valence-electron chi connectivity index (χ4n) is 4.09. The molecule has 2 aliphatic rings. The van der Waals surface area contributed by atoms with Crippen LogP contribution in [0.2, 0.25) is 0 Å². The smallest absolute Gasteiger partial charge is 0.273 e. The van der Waals surface area contributed by atoms with Crippen molar-refractivity contribution in [1.29, 1.82) is 0 Å². The van der Waals surface area contributed by atoms with Crippen LogP contribution >= 0.6 is 11.3 Å². The van der Waals surface area contributed by atoms with Crippen LogP contribution in [-0.4, -0.2) is 11.8 Å². The minimum Gasteiger partial charge on any atom is -0.273 e. The first-order valence-corrected chi connectivity index (χ1v) is 9.07. The molecule has 1 aromatic heterocycles. The normalized spacial score (nSPS) is 26.2. The number of aryl methyl sites for hydroxylation is 2. The predicted molar refractivity (Wildman–Crippen MR) is 87.6 cm³/mol. The molecule has 2 saturated carbocycles. The van der Waals surface area contributed by atoms with Gasteiger partial charge in [-0.15, -0.1) is 11.3 Å². The van der Waals surface area contributed by atoms with Crippen molar-refractivity contribution in [2.24, 2.45) is 17.8 Å². The van der Waals surface area contributed by atoms with Crippen molar-refractivity contribution < 1.29 is 9.59 Å². The summed E-state index contributed by atoms with van der Waals surface area (Å²) in [5.41, 5.74) is 6.28. The van der Waals surface area contributed by atoms with Crippen LogP contribution in [0.25, 0.3) is 0 Å². The number of hydrazine groups is 1. The van der Waals surface area contributed by atoms with Gasteiger partial charge in [-0.05, 0) is 62.0 Å². The van der Waals surface area contributed by atoms with Gasteiger partial charge in [0.2, 0.25) is 5.91 Å². The zero-order valence-electron chi connectivity index (χ0n) is 13.3. The molecule has 2 fully saturated rings. The largest absolute Gasteiger partial charge is 0.279 e. The molecule has 2 bridgehead atoms. The Morgan fingerprint density at radius 1 is 1.27 bits per heavy atom. The summed E-state index contributed by atoms with van der Waals surface area (Å²) in [7, 11) is 0. The predicted octanol–water partition coefficient (Wildman–Crippen LogP) is 3.21. The Bertz CT molecular complexity index is 581. The molecule has 2 aliphatic carbocycles. The van der Waals surface area contributed by atoms with Crippen LogP contribution in [0.3, 0.4) is 0 Å². The van der Waals surface area contributed by atoms with Gasteiger partial charge >= 0.3 is 0 Å². The summed E-state index contributed by atoms with van der Waals surface area (Å²) in [4.78, 5) is 26.0. The van der Waals surface area contributed by atoms with Gasteiger partial charge in [0, 0.05) is 11.3 Å². The molecule has 4 nitrogen and oxygen atoms in total. The molecular weight excluding hydrogens is 296 g/mol. The average Bonchev–Trinajstić information content (AvgIpc) is 3.19. The minimum atomic E-state index is -0.214. The second-order valence-electron chi connectivity index (χ2n) is 6.71. The van der Waals surface area contributed by atoms with Crippen molar-refractivity contribution in [3.8, 4) is 0 Å². The van der Waals surface area contributed by atoms with E-state index >= 15 is 0 Å². The molecule has 22 heavy (non-hydrogen) atoms. The first-order valence-electron chi connectivity index (χ1n) is 8.25. The first kappa shape index (κ1) is 15.5. The summed E-state index contributed by atoms with van der Waals surface area (Å²) in [5.74, 6) is 1.83. The van der Waals surface area contributed by atoms with E-state index in [-0.39, 0.29) is 11.8 Å². The molecule has 0 aromatic carbocycles. The Kier molecular flexibility index (Phi) is 4.52. The molecule has 2 N–H and O–H groups in total. The van der Waals surface area contributed by atoms with Gasteiger partial charge in [-0.3, -0.25) is 20.4 Å². The maximum Gasteiger partial charge on any atom is 0.279 e. The Balaban J connectivity index is 1.47. The van der Waals surface area contributed by atoms with E-state index < -0.39 is 0 Å². The molecular formula is C17H24N2O2S. The van der Waals surface area contributed by atoms with Crippen molar-refractivity contribution in [3.63, 3.8) is 0 Å². The fraction of sp³-hybridized carbons (Fsp3) is 0.647. The van der Waals surface area contributed by atoms with Crippen molar-refractivity contribution in [2.45, 2.75) is 52.4 Å². The summed E-state index contributed by atoms with van der Waals surface area (Å²) < 4.78 is 0. The molecule has 120 valence electrons. The molecule has 1 aromatic rings. The molecule has 3 rings (SSSR count). The number of hydrogen-bond acceptors (Lipinski definition) is 3. The van der Waals surface area contributed by atoms with Crippen molar-refractivity contribution in [2.75, 3.05) is 0 Å². The van der Waals surface area contributed by atoms with E-state index in [0.29, 0.717) is 17.2 Å². The van der Waals surface area contributed by atoms with Crippen LogP contribution in [-0.2, 0) is 11.2 Å². The molecule has 0 aliphatic heterocycles. The molecule has 1 heterocycles. The highest BCUT2D eigenvalue weighted by molar-refractivity contribution is 7.14. The Morgan fingerprint density at radius 3 is 2.68 bits per heavy atom. The number of thiophene rings is 1. The molecule has 0 radical (unpaired) electrons. The highest BCUT2D eigenvalue weighted by Gasteiger charge is 2.40. The number of rotatable bonds is 4. The molecule has 2 amide bonds. The highest BCUT2D eigenvalue weighted by atomic mass is 32.1.